The zero-order valence-electron chi connectivity index (χ0n) is 16.7. The number of amides is 2. The van der Waals surface area contributed by atoms with Crippen LogP contribution >= 0.6 is 11.3 Å². The maximum atomic E-state index is 12.2. The topological polar surface area (TPSA) is 69.3 Å². The predicted octanol–water partition coefficient (Wildman–Crippen LogP) is 3.80. The highest BCUT2D eigenvalue weighted by molar-refractivity contribution is 7.13. The number of fused-ring (bicyclic) bond motifs is 1. The van der Waals surface area contributed by atoms with E-state index >= 15 is 0 Å². The zero-order valence-corrected chi connectivity index (χ0v) is 17.6. The molecule has 1 aliphatic carbocycles. The standard InChI is InChI=1S/C22H29N5OS/c28-22(24-19-5-2-8-23-10-19)26-20-14-29-21(25-20)16-6-7-17-12-27(13-18(17)9-16)11-15-3-1-4-15/h6-7,9,14-15,19,23H,1-5,8,10-13H2,(H2,24,26,28)/t19-/m0/s1. The van der Waals surface area contributed by atoms with E-state index in [0.29, 0.717) is 5.82 Å². The normalized spacial score (nSPS) is 22.1. The SMILES string of the molecule is O=C(Nc1csc(-c2ccc3c(c2)CN(CC2CCC2)C3)n1)N[C@H]1CCCNC1. The molecule has 7 heteroatoms. The van der Waals surface area contributed by atoms with Crippen LogP contribution in [-0.2, 0) is 13.1 Å². The number of rotatable bonds is 5. The summed E-state index contributed by atoms with van der Waals surface area (Å²) in [5, 5.41) is 12.1. The van der Waals surface area contributed by atoms with Gasteiger partial charge in [0.05, 0.1) is 0 Å². The van der Waals surface area contributed by atoms with Crippen molar-refractivity contribution in [2.75, 3.05) is 25.0 Å². The molecule has 0 radical (unpaired) electrons. The highest BCUT2D eigenvalue weighted by Crippen LogP contribution is 2.33. The van der Waals surface area contributed by atoms with E-state index in [1.54, 1.807) is 11.3 Å². The van der Waals surface area contributed by atoms with Crippen LogP contribution in [0.25, 0.3) is 10.6 Å². The van der Waals surface area contributed by atoms with Gasteiger partial charge >= 0.3 is 6.03 Å². The van der Waals surface area contributed by atoms with Gasteiger partial charge in [0.15, 0.2) is 0 Å². The fourth-order valence-corrected chi connectivity index (χ4v) is 5.29. The van der Waals surface area contributed by atoms with Gasteiger partial charge in [0.1, 0.15) is 10.8 Å². The third-order valence-electron chi connectivity index (χ3n) is 6.36. The summed E-state index contributed by atoms with van der Waals surface area (Å²) in [6.07, 6.45) is 6.33. The molecule has 1 atom stereocenters. The first-order valence-corrected chi connectivity index (χ1v) is 11.7. The fourth-order valence-electron chi connectivity index (χ4n) is 4.54. The van der Waals surface area contributed by atoms with Crippen LogP contribution in [0.1, 0.15) is 43.2 Å². The summed E-state index contributed by atoms with van der Waals surface area (Å²) < 4.78 is 0. The van der Waals surface area contributed by atoms with Crippen molar-refractivity contribution in [2.24, 2.45) is 5.92 Å². The van der Waals surface area contributed by atoms with Crippen LogP contribution in [0.15, 0.2) is 23.6 Å². The van der Waals surface area contributed by atoms with Crippen molar-refractivity contribution in [1.29, 1.82) is 0 Å². The van der Waals surface area contributed by atoms with E-state index in [9.17, 15) is 4.79 Å². The number of carbonyl (C=O) groups excluding carboxylic acids is 1. The van der Waals surface area contributed by atoms with E-state index in [-0.39, 0.29) is 12.1 Å². The second kappa shape index (κ2) is 8.42. The van der Waals surface area contributed by atoms with Crippen LogP contribution in [0.3, 0.4) is 0 Å². The second-order valence-corrected chi connectivity index (χ2v) is 9.49. The third kappa shape index (κ3) is 4.47. The van der Waals surface area contributed by atoms with E-state index in [4.69, 9.17) is 0 Å². The molecule has 1 saturated heterocycles. The molecule has 1 aromatic carbocycles. The highest BCUT2D eigenvalue weighted by Gasteiger charge is 2.25. The van der Waals surface area contributed by atoms with E-state index in [1.807, 2.05) is 5.38 Å². The van der Waals surface area contributed by atoms with Crippen LogP contribution in [0, 0.1) is 5.92 Å². The molecule has 2 aromatic rings. The van der Waals surface area contributed by atoms with Crippen molar-refractivity contribution in [2.45, 2.75) is 51.2 Å². The number of nitrogens with one attached hydrogen (secondary N) is 3. The first kappa shape index (κ1) is 19.0. The molecule has 5 rings (SSSR count). The van der Waals surface area contributed by atoms with Crippen molar-refractivity contribution in [3.8, 4) is 10.6 Å². The number of anilines is 1. The average Bonchev–Trinajstić information content (AvgIpc) is 3.31. The molecule has 0 spiro atoms. The fraction of sp³-hybridized carbons (Fsp3) is 0.545. The van der Waals surface area contributed by atoms with Crippen molar-refractivity contribution in [1.82, 2.24) is 20.5 Å². The maximum absolute atomic E-state index is 12.2. The number of urea groups is 1. The van der Waals surface area contributed by atoms with Crippen LogP contribution in [0.5, 0.6) is 0 Å². The lowest BCUT2D eigenvalue weighted by atomic mass is 9.85. The molecule has 2 aliphatic heterocycles. The molecular weight excluding hydrogens is 382 g/mol. The van der Waals surface area contributed by atoms with Crippen molar-refractivity contribution >= 4 is 23.2 Å². The Kier molecular flexibility index (Phi) is 5.52. The summed E-state index contributed by atoms with van der Waals surface area (Å²) in [4.78, 5) is 19.5. The van der Waals surface area contributed by atoms with Gasteiger partial charge in [-0.15, -0.1) is 11.3 Å². The first-order chi connectivity index (χ1) is 14.2. The van der Waals surface area contributed by atoms with E-state index < -0.39 is 0 Å². The molecular formula is C22H29N5OS. The van der Waals surface area contributed by atoms with Gasteiger partial charge < -0.3 is 10.6 Å². The Balaban J connectivity index is 1.19. The van der Waals surface area contributed by atoms with Crippen LogP contribution < -0.4 is 16.0 Å². The Bertz CT molecular complexity index is 872. The molecule has 0 unspecified atom stereocenters. The van der Waals surface area contributed by atoms with Gasteiger partial charge in [-0.3, -0.25) is 10.2 Å². The molecule has 29 heavy (non-hydrogen) atoms. The van der Waals surface area contributed by atoms with Crippen molar-refractivity contribution < 1.29 is 4.79 Å². The van der Waals surface area contributed by atoms with Crippen LogP contribution in [0.4, 0.5) is 10.6 Å². The van der Waals surface area contributed by atoms with Gasteiger partial charge in [-0.25, -0.2) is 9.78 Å². The van der Waals surface area contributed by atoms with E-state index in [2.05, 4.69) is 44.0 Å². The molecule has 0 bridgehead atoms. The first-order valence-electron chi connectivity index (χ1n) is 10.8. The lowest BCUT2D eigenvalue weighted by molar-refractivity contribution is 0.179. The summed E-state index contributed by atoms with van der Waals surface area (Å²) >= 11 is 1.58. The average molecular weight is 412 g/mol. The Morgan fingerprint density at radius 3 is 2.90 bits per heavy atom. The summed E-state index contributed by atoms with van der Waals surface area (Å²) in [6.45, 7) is 5.24. The molecule has 6 nitrogen and oxygen atoms in total. The number of carbonyl (C=O) groups is 1. The monoisotopic (exact) mass is 411 g/mol. The summed E-state index contributed by atoms with van der Waals surface area (Å²) in [6, 6.07) is 6.73. The van der Waals surface area contributed by atoms with Gasteiger partial charge in [0.25, 0.3) is 0 Å². The molecule has 1 saturated carbocycles. The number of nitrogens with zero attached hydrogens (tertiary/aromatic N) is 2. The largest absolute Gasteiger partial charge is 0.334 e. The minimum atomic E-state index is -0.170. The second-order valence-electron chi connectivity index (χ2n) is 8.63. The summed E-state index contributed by atoms with van der Waals surface area (Å²) in [5.41, 5.74) is 4.02. The van der Waals surface area contributed by atoms with Gasteiger partial charge in [0, 0.05) is 43.2 Å². The minimum Gasteiger partial charge on any atom is -0.334 e. The summed E-state index contributed by atoms with van der Waals surface area (Å²) in [5.74, 6) is 1.53. The Labute approximate surface area is 176 Å². The Morgan fingerprint density at radius 1 is 1.21 bits per heavy atom. The van der Waals surface area contributed by atoms with Crippen LogP contribution in [0.2, 0.25) is 0 Å². The maximum Gasteiger partial charge on any atom is 0.320 e. The quantitative estimate of drug-likeness (QED) is 0.700. The molecule has 2 amide bonds. The Morgan fingerprint density at radius 2 is 2.10 bits per heavy atom. The van der Waals surface area contributed by atoms with Crippen molar-refractivity contribution in [3.05, 3.63) is 34.7 Å². The van der Waals surface area contributed by atoms with Crippen LogP contribution in [-0.4, -0.2) is 41.6 Å². The molecule has 1 aromatic heterocycles. The van der Waals surface area contributed by atoms with Gasteiger partial charge in [-0.2, -0.15) is 0 Å². The number of thiazole rings is 1. The number of benzene rings is 1. The number of piperidine rings is 1. The van der Waals surface area contributed by atoms with Gasteiger partial charge in [-0.1, -0.05) is 18.6 Å². The third-order valence-corrected chi connectivity index (χ3v) is 7.25. The van der Waals surface area contributed by atoms with Gasteiger partial charge in [-0.05, 0) is 55.3 Å². The Hall–Kier alpha value is -1.96. The smallest absolute Gasteiger partial charge is 0.320 e. The minimum absolute atomic E-state index is 0.170. The number of hydrogen-bond donors (Lipinski definition) is 3. The predicted molar refractivity (Wildman–Crippen MR) is 117 cm³/mol. The van der Waals surface area contributed by atoms with Crippen molar-refractivity contribution in [3.63, 3.8) is 0 Å². The summed E-state index contributed by atoms with van der Waals surface area (Å²) in [7, 11) is 0. The molecule has 3 aliphatic rings. The molecule has 2 fully saturated rings. The molecule has 154 valence electrons. The molecule has 3 N–H and O–H groups in total. The zero-order chi connectivity index (χ0) is 19.6. The lowest BCUT2D eigenvalue weighted by Gasteiger charge is -2.29. The van der Waals surface area contributed by atoms with Gasteiger partial charge in [0.2, 0.25) is 0 Å². The number of aromatic nitrogens is 1. The highest BCUT2D eigenvalue weighted by atomic mass is 32.1. The molecule has 3 heterocycles. The van der Waals surface area contributed by atoms with E-state index in [0.717, 1.165) is 55.5 Å². The lowest BCUT2D eigenvalue weighted by Crippen LogP contribution is -2.47. The number of hydrogen-bond acceptors (Lipinski definition) is 5. The van der Waals surface area contributed by atoms with E-state index in [1.165, 1.54) is 36.9 Å².